The summed E-state index contributed by atoms with van der Waals surface area (Å²) in [5.74, 6) is -1.02. The Bertz CT molecular complexity index is 876. The average molecular weight is 382 g/mol. The number of aryl methyl sites for hydroxylation is 2. The van der Waals surface area contributed by atoms with E-state index in [-0.39, 0.29) is 12.8 Å². The van der Waals surface area contributed by atoms with Crippen molar-refractivity contribution in [3.8, 4) is 0 Å². The van der Waals surface area contributed by atoms with Gasteiger partial charge in [0.05, 0.1) is 17.9 Å². The summed E-state index contributed by atoms with van der Waals surface area (Å²) in [5, 5.41) is 18.2. The number of hydrogen-bond acceptors (Lipinski definition) is 7. The Morgan fingerprint density at radius 1 is 0.964 bits per heavy atom. The van der Waals surface area contributed by atoms with Crippen molar-refractivity contribution in [2.24, 2.45) is 0 Å². The number of carbonyl (C=O) groups excluding carboxylic acids is 2. The summed E-state index contributed by atoms with van der Waals surface area (Å²) >= 11 is 0. The zero-order valence-corrected chi connectivity index (χ0v) is 15.5. The Labute approximate surface area is 162 Å². The van der Waals surface area contributed by atoms with Crippen molar-refractivity contribution in [2.75, 3.05) is 0 Å². The highest BCUT2D eigenvalue weighted by Gasteiger charge is 2.11. The number of esters is 2. The lowest BCUT2D eigenvalue weighted by Crippen LogP contribution is -2.12. The van der Waals surface area contributed by atoms with Gasteiger partial charge in [-0.2, -0.15) is 0 Å². The summed E-state index contributed by atoms with van der Waals surface area (Å²) in [4.78, 5) is 23.4. The first-order valence-electron chi connectivity index (χ1n) is 9.21. The summed E-state index contributed by atoms with van der Waals surface area (Å²) in [6.07, 6.45) is 6.20. The smallest absolute Gasteiger partial charge is 0.313 e. The molecule has 2 aromatic heterocycles. The van der Waals surface area contributed by atoms with E-state index < -0.39 is 11.9 Å². The molecule has 0 saturated carbocycles. The number of H-pyrrole nitrogens is 1. The van der Waals surface area contributed by atoms with Crippen LogP contribution in [0.3, 0.4) is 0 Å². The first kappa shape index (κ1) is 19.4. The molecule has 0 bridgehead atoms. The zero-order chi connectivity index (χ0) is 19.6. The molecule has 0 atom stereocenters. The van der Waals surface area contributed by atoms with Crippen LogP contribution in [0.4, 0.5) is 0 Å². The van der Waals surface area contributed by atoms with Crippen molar-refractivity contribution in [1.29, 1.82) is 0 Å². The normalized spacial score (nSPS) is 10.7. The van der Waals surface area contributed by atoms with Gasteiger partial charge in [0.2, 0.25) is 0 Å². The topological polar surface area (TPSA) is 116 Å². The van der Waals surface area contributed by atoms with Gasteiger partial charge in [0.25, 0.3) is 0 Å². The molecule has 0 aliphatic heterocycles. The molecule has 3 aromatic rings. The molecule has 146 valence electrons. The lowest BCUT2D eigenvalue weighted by atomic mass is 10.2. The van der Waals surface area contributed by atoms with Gasteiger partial charge in [-0.15, -0.1) is 10.2 Å². The van der Waals surface area contributed by atoms with Crippen LogP contribution in [0.15, 0.2) is 42.7 Å². The van der Waals surface area contributed by atoms with Gasteiger partial charge in [0.15, 0.2) is 0 Å². The molecule has 28 heavy (non-hydrogen) atoms. The number of aromatic amines is 1. The van der Waals surface area contributed by atoms with E-state index in [1.54, 1.807) is 10.9 Å². The third-order valence-corrected chi connectivity index (χ3v) is 4.10. The lowest BCUT2D eigenvalue weighted by molar-refractivity contribution is -0.159. The van der Waals surface area contributed by atoms with E-state index in [1.165, 1.54) is 0 Å². The highest BCUT2D eigenvalue weighted by Crippen LogP contribution is 2.06. The third-order valence-electron chi connectivity index (χ3n) is 4.10. The number of aromatic nitrogens is 6. The number of hydrogen-bond donors (Lipinski definition) is 1. The Morgan fingerprint density at radius 2 is 1.68 bits per heavy atom. The molecular weight excluding hydrogens is 360 g/mol. The van der Waals surface area contributed by atoms with E-state index >= 15 is 0 Å². The van der Waals surface area contributed by atoms with Gasteiger partial charge in [0.1, 0.15) is 0 Å². The first-order valence-corrected chi connectivity index (χ1v) is 9.21. The van der Waals surface area contributed by atoms with Gasteiger partial charge in [0, 0.05) is 25.2 Å². The molecule has 0 spiro atoms. The summed E-state index contributed by atoms with van der Waals surface area (Å²) in [7, 11) is 0. The minimum absolute atomic E-state index is 0.167. The van der Waals surface area contributed by atoms with Crippen LogP contribution in [0.5, 0.6) is 0 Å². The number of carbonyl (C=O) groups is 2. The monoisotopic (exact) mass is 382 g/mol. The van der Waals surface area contributed by atoms with Crippen LogP contribution in [0.1, 0.15) is 42.6 Å². The largest absolute Gasteiger partial charge is 0.393 e. The molecule has 0 radical (unpaired) electrons. The second-order valence-electron chi connectivity index (χ2n) is 6.41. The maximum atomic E-state index is 11.8. The summed E-state index contributed by atoms with van der Waals surface area (Å²) in [5.41, 5.74) is 2.73. The minimum Gasteiger partial charge on any atom is -0.393 e. The molecule has 0 amide bonds. The van der Waals surface area contributed by atoms with Crippen molar-refractivity contribution >= 4 is 11.9 Å². The van der Waals surface area contributed by atoms with Crippen molar-refractivity contribution in [2.45, 2.75) is 45.1 Å². The molecule has 9 heteroatoms. The van der Waals surface area contributed by atoms with Crippen LogP contribution in [0.2, 0.25) is 0 Å². The molecule has 3 rings (SSSR count). The van der Waals surface area contributed by atoms with Gasteiger partial charge >= 0.3 is 11.9 Å². The molecule has 1 aromatic carbocycles. The van der Waals surface area contributed by atoms with E-state index in [2.05, 4.69) is 25.7 Å². The van der Waals surface area contributed by atoms with Crippen LogP contribution >= 0.6 is 0 Å². The molecule has 2 heterocycles. The van der Waals surface area contributed by atoms with E-state index in [0.717, 1.165) is 17.0 Å². The van der Waals surface area contributed by atoms with E-state index in [4.69, 9.17) is 4.74 Å². The Kier molecular flexibility index (Phi) is 7.00. The van der Waals surface area contributed by atoms with E-state index in [9.17, 15) is 9.59 Å². The predicted molar refractivity (Wildman–Crippen MR) is 98.9 cm³/mol. The maximum absolute atomic E-state index is 11.8. The predicted octanol–water partition coefficient (Wildman–Crippen LogP) is 1.86. The molecule has 0 aliphatic rings. The highest BCUT2D eigenvalue weighted by atomic mass is 16.6. The molecule has 0 aliphatic carbocycles. The van der Waals surface area contributed by atoms with Gasteiger partial charge in [-0.25, -0.2) is 4.68 Å². The quantitative estimate of drug-likeness (QED) is 0.420. The van der Waals surface area contributed by atoms with Crippen LogP contribution in [-0.4, -0.2) is 42.3 Å². The third kappa shape index (κ3) is 6.42. The fourth-order valence-electron chi connectivity index (χ4n) is 2.71. The summed E-state index contributed by atoms with van der Waals surface area (Å²) in [6.45, 7) is 0.652. The molecule has 0 saturated heterocycles. The van der Waals surface area contributed by atoms with Crippen molar-refractivity contribution in [1.82, 2.24) is 30.4 Å². The number of benzene rings is 1. The van der Waals surface area contributed by atoms with Crippen molar-refractivity contribution in [3.63, 3.8) is 0 Å². The lowest BCUT2D eigenvalue weighted by Gasteiger charge is -2.02. The first-order chi connectivity index (χ1) is 13.7. The molecule has 1 N–H and O–H groups in total. The summed E-state index contributed by atoms with van der Waals surface area (Å²) < 4.78 is 6.59. The van der Waals surface area contributed by atoms with Gasteiger partial charge in [-0.1, -0.05) is 40.8 Å². The van der Waals surface area contributed by atoms with Crippen LogP contribution in [0, 0.1) is 0 Å². The number of ether oxygens (including phenoxy) is 1. The van der Waals surface area contributed by atoms with Gasteiger partial charge < -0.3 is 4.74 Å². The van der Waals surface area contributed by atoms with Crippen molar-refractivity contribution < 1.29 is 14.3 Å². The molecule has 9 nitrogen and oxygen atoms in total. The number of rotatable bonds is 10. The standard InChI is InChI=1S/C19H22N6O3/c26-18(10-4-8-16-12-20-23-21-16)28-19(27)11-5-9-17-14-25(24-22-17)13-15-6-2-1-3-7-15/h1-3,6-7,12,14H,4-5,8-11,13H2,(H,20,21,23). The summed E-state index contributed by atoms with van der Waals surface area (Å²) in [6, 6.07) is 9.99. The van der Waals surface area contributed by atoms with E-state index in [1.807, 2.05) is 36.5 Å². The molecular formula is C19H22N6O3. The second-order valence-corrected chi connectivity index (χ2v) is 6.41. The van der Waals surface area contributed by atoms with Crippen LogP contribution in [0.25, 0.3) is 0 Å². The second kappa shape index (κ2) is 10.1. The maximum Gasteiger partial charge on any atom is 0.313 e. The van der Waals surface area contributed by atoms with E-state index in [0.29, 0.717) is 32.2 Å². The zero-order valence-electron chi connectivity index (χ0n) is 15.5. The molecule has 0 unspecified atom stereocenters. The van der Waals surface area contributed by atoms with Crippen molar-refractivity contribution in [3.05, 3.63) is 59.7 Å². The Morgan fingerprint density at radius 3 is 2.36 bits per heavy atom. The Balaban J connectivity index is 1.31. The average Bonchev–Trinajstić information content (AvgIpc) is 3.35. The van der Waals surface area contributed by atoms with Gasteiger partial charge in [-0.05, 0) is 31.2 Å². The molecule has 0 fully saturated rings. The fourth-order valence-corrected chi connectivity index (χ4v) is 2.71. The fraction of sp³-hybridized carbons (Fsp3) is 0.368. The highest BCUT2D eigenvalue weighted by molar-refractivity contribution is 5.85. The Hall–Kier alpha value is -3.36. The number of nitrogens with zero attached hydrogens (tertiary/aromatic N) is 5. The van der Waals surface area contributed by atoms with Crippen LogP contribution < -0.4 is 0 Å². The SMILES string of the molecule is O=C(CCCc1c[nH]nn1)OC(=O)CCCc1cn(Cc2ccccc2)nn1. The number of nitrogens with one attached hydrogen (secondary N) is 1. The van der Waals surface area contributed by atoms with Gasteiger partial charge in [-0.3, -0.25) is 14.7 Å². The van der Waals surface area contributed by atoms with Crippen LogP contribution in [-0.2, 0) is 33.7 Å². The minimum atomic E-state index is -0.512.